The smallest absolute Gasteiger partial charge is 0.252 e. The van der Waals surface area contributed by atoms with Crippen molar-refractivity contribution in [3.63, 3.8) is 0 Å². The molecule has 4 heteroatoms. The van der Waals surface area contributed by atoms with Gasteiger partial charge in [-0.15, -0.1) is 0 Å². The van der Waals surface area contributed by atoms with Gasteiger partial charge in [0.05, 0.1) is 5.54 Å². The van der Waals surface area contributed by atoms with Crippen molar-refractivity contribution in [3.05, 3.63) is 173 Å². The molecule has 3 aliphatic heterocycles. The molecule has 7 aromatic rings. The molecule has 0 aromatic heterocycles. The van der Waals surface area contributed by atoms with Crippen LogP contribution in [0, 0.1) is 0 Å². The maximum absolute atomic E-state index is 2.82. The van der Waals surface area contributed by atoms with Crippen molar-refractivity contribution in [2.75, 3.05) is 14.7 Å². The highest BCUT2D eigenvalue weighted by atomic mass is 15.3. The number of rotatable bonds is 4. The molecule has 0 spiro atoms. The second-order valence-corrected chi connectivity index (χ2v) is 25.9. The lowest BCUT2D eigenvalue weighted by atomic mass is 9.33. The van der Waals surface area contributed by atoms with Gasteiger partial charge in [0.1, 0.15) is 0 Å². The van der Waals surface area contributed by atoms with Crippen LogP contribution in [0.5, 0.6) is 0 Å². The van der Waals surface area contributed by atoms with Gasteiger partial charge in [-0.3, -0.25) is 0 Å². The average molecular weight is 920 g/mol. The summed E-state index contributed by atoms with van der Waals surface area (Å²) in [7, 11) is 0. The van der Waals surface area contributed by atoms with Gasteiger partial charge in [-0.2, -0.15) is 0 Å². The first-order valence-corrected chi connectivity index (χ1v) is 26.3. The van der Waals surface area contributed by atoms with Crippen molar-refractivity contribution in [1.29, 1.82) is 0 Å². The molecule has 2 unspecified atom stereocenters. The van der Waals surface area contributed by atoms with Gasteiger partial charge in [-0.25, -0.2) is 0 Å². The summed E-state index contributed by atoms with van der Waals surface area (Å²) in [5.41, 5.74) is 23.2. The van der Waals surface area contributed by atoms with E-state index in [2.05, 4.69) is 257 Å². The SMILES string of the molecule is CC(C)(C)c1cccc(N2c3cc(C(C)(C)C)ccc3B3c4ccc(C(C)(C)C)cc4N(c4cccc(C(C)(C)C)c4)c4cc(N5c6ccc(-c7ccccc7)cc6C6(C)CCCCC56C)cc2c43)c1. The van der Waals surface area contributed by atoms with Crippen molar-refractivity contribution < 1.29 is 0 Å². The van der Waals surface area contributed by atoms with Gasteiger partial charge < -0.3 is 14.7 Å². The third kappa shape index (κ3) is 7.20. The molecule has 0 bridgehead atoms. The van der Waals surface area contributed by atoms with Crippen molar-refractivity contribution in [2.45, 2.75) is 155 Å². The van der Waals surface area contributed by atoms with Gasteiger partial charge >= 0.3 is 0 Å². The number of anilines is 8. The monoisotopic (exact) mass is 920 g/mol. The Hall–Kier alpha value is -6.00. The van der Waals surface area contributed by atoms with Crippen molar-refractivity contribution in [3.8, 4) is 11.1 Å². The zero-order chi connectivity index (χ0) is 49.5. The van der Waals surface area contributed by atoms with E-state index in [1.165, 1.54) is 114 Å². The summed E-state index contributed by atoms with van der Waals surface area (Å²) in [6, 6.07) is 57.3. The van der Waals surface area contributed by atoms with Crippen molar-refractivity contribution >= 4 is 68.6 Å². The van der Waals surface area contributed by atoms with Crippen LogP contribution in [-0.4, -0.2) is 12.3 Å². The molecular formula is C66H74BN3. The highest BCUT2D eigenvalue weighted by Crippen LogP contribution is 2.62. The number of hydrogen-bond acceptors (Lipinski definition) is 3. The summed E-state index contributed by atoms with van der Waals surface area (Å²) in [6.45, 7) is 33.4. The molecule has 0 amide bonds. The van der Waals surface area contributed by atoms with Crippen LogP contribution in [0.4, 0.5) is 45.5 Å². The minimum atomic E-state index is -0.158. The second-order valence-electron chi connectivity index (χ2n) is 25.9. The quantitative estimate of drug-likeness (QED) is 0.163. The maximum Gasteiger partial charge on any atom is 0.252 e. The zero-order valence-electron chi connectivity index (χ0n) is 44.6. The Kier molecular flexibility index (Phi) is 10.4. The van der Waals surface area contributed by atoms with Crippen LogP contribution in [0.3, 0.4) is 0 Å². The molecule has 11 rings (SSSR count). The highest BCUT2D eigenvalue weighted by Gasteiger charge is 2.58. The third-order valence-corrected chi connectivity index (χ3v) is 17.2. The Morgan fingerprint density at radius 2 is 0.886 bits per heavy atom. The molecule has 356 valence electrons. The fourth-order valence-corrected chi connectivity index (χ4v) is 12.8. The van der Waals surface area contributed by atoms with E-state index in [1.807, 2.05) is 0 Å². The van der Waals surface area contributed by atoms with Crippen molar-refractivity contribution in [2.24, 2.45) is 0 Å². The van der Waals surface area contributed by atoms with E-state index in [1.54, 1.807) is 0 Å². The number of benzene rings is 7. The van der Waals surface area contributed by atoms with E-state index in [0.717, 1.165) is 12.8 Å². The van der Waals surface area contributed by atoms with Crippen LogP contribution < -0.4 is 31.1 Å². The second kappa shape index (κ2) is 15.8. The molecule has 1 fully saturated rings. The van der Waals surface area contributed by atoms with Gasteiger partial charge in [0.15, 0.2) is 0 Å². The topological polar surface area (TPSA) is 9.72 Å². The maximum atomic E-state index is 2.82. The van der Waals surface area contributed by atoms with Crippen LogP contribution in [0.2, 0.25) is 0 Å². The first-order chi connectivity index (χ1) is 33.0. The fourth-order valence-electron chi connectivity index (χ4n) is 12.8. The largest absolute Gasteiger partial charge is 0.334 e. The van der Waals surface area contributed by atoms with Crippen LogP contribution in [0.1, 0.15) is 150 Å². The van der Waals surface area contributed by atoms with Crippen LogP contribution in [0.15, 0.2) is 146 Å². The standard InChI is InChI=1S/C66H74BN3/c1-61(2,3)45-24-20-26-49(37-45)68-56-39-47(63(7,8)9)29-31-53(56)67-54-32-30-48(64(10,11)12)40-57(54)69(50-27-21-25-46(38-50)62(4,5)6)59-42-51(41-58(68)60(59)67)70-55-33-28-44(43-22-16-15-17-23-43)36-52(55)65(13)34-18-19-35-66(65,70)14/h15-17,20-33,36-42H,18-19,34-35H2,1-14H3. The summed E-state index contributed by atoms with van der Waals surface area (Å²) < 4.78 is 0. The first-order valence-electron chi connectivity index (χ1n) is 26.3. The lowest BCUT2D eigenvalue weighted by Gasteiger charge is -2.51. The predicted octanol–water partition coefficient (Wildman–Crippen LogP) is 16.4. The minimum absolute atomic E-state index is 0.0195. The van der Waals surface area contributed by atoms with Gasteiger partial charge in [-0.1, -0.05) is 188 Å². The molecule has 0 saturated heterocycles. The van der Waals surface area contributed by atoms with Crippen LogP contribution in [0.25, 0.3) is 11.1 Å². The molecule has 70 heavy (non-hydrogen) atoms. The Balaban J connectivity index is 1.28. The summed E-state index contributed by atoms with van der Waals surface area (Å²) in [4.78, 5) is 8.14. The highest BCUT2D eigenvalue weighted by molar-refractivity contribution is 7.00. The summed E-state index contributed by atoms with van der Waals surface area (Å²) in [6.07, 6.45) is 4.74. The summed E-state index contributed by atoms with van der Waals surface area (Å²) in [5, 5.41) is 0. The molecular weight excluding hydrogens is 846 g/mol. The van der Waals surface area contributed by atoms with E-state index in [0.29, 0.717) is 0 Å². The predicted molar refractivity (Wildman–Crippen MR) is 304 cm³/mol. The molecule has 0 N–H and O–H groups in total. The van der Waals surface area contributed by atoms with E-state index >= 15 is 0 Å². The molecule has 2 atom stereocenters. The van der Waals surface area contributed by atoms with E-state index in [-0.39, 0.29) is 39.3 Å². The fraction of sp³-hybridized carbons (Fsp3) is 0.364. The van der Waals surface area contributed by atoms with Crippen LogP contribution in [-0.2, 0) is 27.1 Å². The third-order valence-electron chi connectivity index (χ3n) is 17.2. The summed E-state index contributed by atoms with van der Waals surface area (Å²) in [5.74, 6) is 0. The molecule has 7 aromatic carbocycles. The zero-order valence-corrected chi connectivity index (χ0v) is 44.6. The molecule has 1 saturated carbocycles. The van der Waals surface area contributed by atoms with Gasteiger partial charge in [0.2, 0.25) is 0 Å². The average Bonchev–Trinajstić information content (AvgIpc) is 3.52. The van der Waals surface area contributed by atoms with Gasteiger partial charge in [0, 0.05) is 50.9 Å². The lowest BCUT2D eigenvalue weighted by Crippen LogP contribution is -2.61. The lowest BCUT2D eigenvalue weighted by molar-refractivity contribution is 0.195. The Morgan fingerprint density at radius 1 is 0.400 bits per heavy atom. The Bertz CT molecular complexity index is 3060. The molecule has 1 aliphatic carbocycles. The molecule has 3 heterocycles. The normalized spacial score (nSPS) is 19.6. The molecule has 4 aliphatic rings. The van der Waals surface area contributed by atoms with Crippen molar-refractivity contribution in [1.82, 2.24) is 0 Å². The van der Waals surface area contributed by atoms with E-state index < -0.39 is 0 Å². The number of nitrogens with zero attached hydrogens (tertiary/aromatic N) is 3. The molecule has 0 radical (unpaired) electrons. The number of fused-ring (bicyclic) bond motifs is 7. The van der Waals surface area contributed by atoms with Crippen LogP contribution >= 0.6 is 0 Å². The van der Waals surface area contributed by atoms with Gasteiger partial charge in [-0.05, 0) is 157 Å². The Labute approximate surface area is 421 Å². The van der Waals surface area contributed by atoms with Gasteiger partial charge in [0.25, 0.3) is 6.71 Å². The first kappa shape index (κ1) is 46.4. The molecule has 3 nitrogen and oxygen atoms in total. The minimum Gasteiger partial charge on any atom is -0.334 e. The Morgan fingerprint density at radius 3 is 1.39 bits per heavy atom. The van der Waals surface area contributed by atoms with E-state index in [4.69, 9.17) is 0 Å². The summed E-state index contributed by atoms with van der Waals surface area (Å²) >= 11 is 0. The van der Waals surface area contributed by atoms with E-state index in [9.17, 15) is 0 Å². The number of hydrogen-bond donors (Lipinski definition) is 0.